The van der Waals surface area contributed by atoms with Gasteiger partial charge in [0.1, 0.15) is 5.02 Å². The van der Waals surface area contributed by atoms with E-state index in [4.69, 9.17) is 11.6 Å². The van der Waals surface area contributed by atoms with Crippen LogP contribution < -0.4 is 10.6 Å². The highest BCUT2D eigenvalue weighted by Crippen LogP contribution is 2.38. The minimum Gasteiger partial charge on any atom is -0.396 e. The number of halogens is 1. The standard InChI is InChI=1S/C14H23ClN4O/c1-2-7-16-13-17-8-11(15)12(19-13)18-9-14(10-20)5-3-4-6-14/h8,20H,2-7,9-10H2,1H3,(H2,16,17,18,19). The maximum absolute atomic E-state index is 9.62. The zero-order valence-corrected chi connectivity index (χ0v) is 12.7. The third-order valence-corrected chi connectivity index (χ3v) is 4.18. The Morgan fingerprint density at radius 2 is 2.10 bits per heavy atom. The Kier molecular flexibility index (Phi) is 5.43. The first kappa shape index (κ1) is 15.3. The fourth-order valence-corrected chi connectivity index (χ4v) is 2.76. The number of rotatable bonds is 7. The van der Waals surface area contributed by atoms with Crippen LogP contribution in [0.3, 0.4) is 0 Å². The fraction of sp³-hybridized carbons (Fsp3) is 0.714. The number of anilines is 2. The van der Waals surface area contributed by atoms with Gasteiger partial charge in [0.2, 0.25) is 5.95 Å². The smallest absolute Gasteiger partial charge is 0.224 e. The maximum atomic E-state index is 9.62. The lowest BCUT2D eigenvalue weighted by atomic mass is 9.87. The third-order valence-electron chi connectivity index (χ3n) is 3.91. The van der Waals surface area contributed by atoms with Gasteiger partial charge in [-0.05, 0) is 19.3 Å². The Bertz CT molecular complexity index is 435. The summed E-state index contributed by atoms with van der Waals surface area (Å²) in [4.78, 5) is 8.54. The highest BCUT2D eigenvalue weighted by atomic mass is 35.5. The summed E-state index contributed by atoms with van der Waals surface area (Å²) >= 11 is 6.13. The summed E-state index contributed by atoms with van der Waals surface area (Å²) in [5.41, 5.74) is -0.0225. The molecule has 0 amide bonds. The molecule has 0 aromatic carbocycles. The van der Waals surface area contributed by atoms with Crippen molar-refractivity contribution in [3.63, 3.8) is 0 Å². The van der Waals surface area contributed by atoms with Crippen molar-refractivity contribution in [1.29, 1.82) is 0 Å². The molecule has 5 nitrogen and oxygen atoms in total. The van der Waals surface area contributed by atoms with E-state index in [0.29, 0.717) is 23.3 Å². The van der Waals surface area contributed by atoms with Crippen LogP contribution in [0.25, 0.3) is 0 Å². The predicted molar refractivity (Wildman–Crippen MR) is 82.3 cm³/mol. The van der Waals surface area contributed by atoms with Gasteiger partial charge in [-0.2, -0.15) is 4.98 Å². The average Bonchev–Trinajstić information content (AvgIpc) is 2.94. The van der Waals surface area contributed by atoms with E-state index in [1.807, 2.05) is 0 Å². The lowest BCUT2D eigenvalue weighted by Crippen LogP contribution is -2.31. The van der Waals surface area contributed by atoms with Crippen molar-refractivity contribution < 1.29 is 5.11 Å². The van der Waals surface area contributed by atoms with Crippen LogP contribution in [0.2, 0.25) is 5.02 Å². The fourth-order valence-electron chi connectivity index (χ4n) is 2.60. The van der Waals surface area contributed by atoms with Gasteiger partial charge in [0, 0.05) is 18.5 Å². The van der Waals surface area contributed by atoms with E-state index < -0.39 is 0 Å². The van der Waals surface area contributed by atoms with Crippen LogP contribution in [0.5, 0.6) is 0 Å². The minimum atomic E-state index is -0.0225. The molecule has 1 aromatic rings. The largest absolute Gasteiger partial charge is 0.396 e. The molecule has 0 bridgehead atoms. The molecule has 1 aliphatic carbocycles. The van der Waals surface area contributed by atoms with Crippen LogP contribution in [-0.2, 0) is 0 Å². The van der Waals surface area contributed by atoms with Crippen molar-refractivity contribution in [3.05, 3.63) is 11.2 Å². The lowest BCUT2D eigenvalue weighted by Gasteiger charge is -2.27. The summed E-state index contributed by atoms with van der Waals surface area (Å²) in [7, 11) is 0. The van der Waals surface area contributed by atoms with E-state index in [1.54, 1.807) is 6.20 Å². The molecule has 0 atom stereocenters. The second kappa shape index (κ2) is 7.09. The monoisotopic (exact) mass is 298 g/mol. The second-order valence-electron chi connectivity index (χ2n) is 5.54. The number of aliphatic hydroxyl groups excluding tert-OH is 1. The highest BCUT2D eigenvalue weighted by molar-refractivity contribution is 6.32. The summed E-state index contributed by atoms with van der Waals surface area (Å²) in [6.07, 6.45) is 7.10. The van der Waals surface area contributed by atoms with Crippen molar-refractivity contribution in [2.75, 3.05) is 30.3 Å². The Morgan fingerprint density at radius 1 is 1.35 bits per heavy atom. The van der Waals surface area contributed by atoms with Crippen LogP contribution >= 0.6 is 11.6 Å². The molecule has 0 spiro atoms. The molecule has 1 aliphatic rings. The number of aliphatic hydroxyl groups is 1. The first-order valence-corrected chi connectivity index (χ1v) is 7.68. The summed E-state index contributed by atoms with van der Waals surface area (Å²) in [6.45, 7) is 3.84. The Labute approximate surface area is 125 Å². The summed E-state index contributed by atoms with van der Waals surface area (Å²) in [5, 5.41) is 16.6. The van der Waals surface area contributed by atoms with Gasteiger partial charge in [0.15, 0.2) is 5.82 Å². The van der Waals surface area contributed by atoms with Gasteiger partial charge >= 0.3 is 0 Å². The SMILES string of the molecule is CCCNc1ncc(Cl)c(NCC2(CO)CCCC2)n1. The average molecular weight is 299 g/mol. The van der Waals surface area contributed by atoms with Crippen molar-refractivity contribution in [1.82, 2.24) is 9.97 Å². The molecule has 1 fully saturated rings. The minimum absolute atomic E-state index is 0.0225. The quantitative estimate of drug-likeness (QED) is 0.722. The lowest BCUT2D eigenvalue weighted by molar-refractivity contribution is 0.142. The molecule has 0 saturated heterocycles. The third kappa shape index (κ3) is 3.73. The highest BCUT2D eigenvalue weighted by Gasteiger charge is 2.33. The molecule has 20 heavy (non-hydrogen) atoms. The number of nitrogens with one attached hydrogen (secondary N) is 2. The Balaban J connectivity index is 2.00. The zero-order valence-electron chi connectivity index (χ0n) is 12.0. The van der Waals surface area contributed by atoms with Gasteiger partial charge in [-0.15, -0.1) is 0 Å². The van der Waals surface area contributed by atoms with E-state index >= 15 is 0 Å². The Hall–Kier alpha value is -1.07. The summed E-state index contributed by atoms with van der Waals surface area (Å²) in [6, 6.07) is 0. The van der Waals surface area contributed by atoms with Gasteiger partial charge in [-0.1, -0.05) is 31.4 Å². The van der Waals surface area contributed by atoms with Crippen LogP contribution in [0.4, 0.5) is 11.8 Å². The van der Waals surface area contributed by atoms with Crippen LogP contribution in [0.15, 0.2) is 6.20 Å². The number of aromatic nitrogens is 2. The molecule has 0 unspecified atom stereocenters. The zero-order chi connectivity index (χ0) is 14.4. The molecule has 2 rings (SSSR count). The van der Waals surface area contributed by atoms with Crippen molar-refractivity contribution in [2.45, 2.75) is 39.0 Å². The molecule has 0 radical (unpaired) electrons. The van der Waals surface area contributed by atoms with Gasteiger partial charge < -0.3 is 15.7 Å². The van der Waals surface area contributed by atoms with E-state index in [9.17, 15) is 5.11 Å². The van der Waals surface area contributed by atoms with Gasteiger partial charge in [-0.25, -0.2) is 4.98 Å². The van der Waals surface area contributed by atoms with Crippen LogP contribution in [-0.4, -0.2) is 34.8 Å². The molecule has 3 N–H and O–H groups in total. The van der Waals surface area contributed by atoms with Crippen molar-refractivity contribution >= 4 is 23.4 Å². The van der Waals surface area contributed by atoms with E-state index in [2.05, 4.69) is 27.5 Å². The van der Waals surface area contributed by atoms with Crippen molar-refractivity contribution in [2.24, 2.45) is 5.41 Å². The van der Waals surface area contributed by atoms with Crippen molar-refractivity contribution in [3.8, 4) is 0 Å². The van der Waals surface area contributed by atoms with E-state index in [1.165, 1.54) is 12.8 Å². The van der Waals surface area contributed by atoms with E-state index in [-0.39, 0.29) is 12.0 Å². The molecule has 1 saturated carbocycles. The topological polar surface area (TPSA) is 70.1 Å². The second-order valence-corrected chi connectivity index (χ2v) is 5.94. The first-order chi connectivity index (χ1) is 9.69. The maximum Gasteiger partial charge on any atom is 0.224 e. The summed E-state index contributed by atoms with van der Waals surface area (Å²) < 4.78 is 0. The summed E-state index contributed by atoms with van der Waals surface area (Å²) in [5.74, 6) is 1.23. The van der Waals surface area contributed by atoms with Gasteiger partial charge in [0.05, 0.1) is 12.8 Å². The number of hydrogen-bond donors (Lipinski definition) is 3. The van der Waals surface area contributed by atoms with Gasteiger partial charge in [0.25, 0.3) is 0 Å². The van der Waals surface area contributed by atoms with E-state index in [0.717, 1.165) is 25.8 Å². The normalized spacial score (nSPS) is 17.1. The Morgan fingerprint density at radius 3 is 2.75 bits per heavy atom. The molecule has 112 valence electrons. The van der Waals surface area contributed by atoms with Crippen LogP contribution in [0.1, 0.15) is 39.0 Å². The number of nitrogens with zero attached hydrogens (tertiary/aromatic N) is 2. The molecule has 6 heteroatoms. The molecular formula is C14H23ClN4O. The predicted octanol–water partition coefficient (Wildman–Crippen LogP) is 2.92. The van der Waals surface area contributed by atoms with Gasteiger partial charge in [-0.3, -0.25) is 0 Å². The number of hydrogen-bond acceptors (Lipinski definition) is 5. The van der Waals surface area contributed by atoms with Crippen LogP contribution in [0, 0.1) is 5.41 Å². The molecular weight excluding hydrogens is 276 g/mol. The first-order valence-electron chi connectivity index (χ1n) is 7.30. The molecule has 1 heterocycles. The molecule has 1 aromatic heterocycles. The molecule has 0 aliphatic heterocycles.